The molecule has 0 saturated carbocycles. The second-order valence-corrected chi connectivity index (χ2v) is 4.09. The average molecular weight is 222 g/mol. The molecule has 16 heavy (non-hydrogen) atoms. The van der Waals surface area contributed by atoms with Crippen LogP contribution < -0.4 is 0 Å². The van der Waals surface area contributed by atoms with Gasteiger partial charge in [-0.15, -0.1) is 0 Å². The lowest BCUT2D eigenvalue weighted by molar-refractivity contribution is -0.146. The molecule has 2 unspecified atom stereocenters. The topological polar surface area (TPSA) is 57.5 Å². The molecule has 1 aromatic carbocycles. The van der Waals surface area contributed by atoms with E-state index in [0.29, 0.717) is 12.0 Å². The van der Waals surface area contributed by atoms with Gasteiger partial charge in [0.15, 0.2) is 0 Å². The first kappa shape index (κ1) is 12.7. The highest BCUT2D eigenvalue weighted by Crippen LogP contribution is 2.28. The van der Waals surface area contributed by atoms with Crippen molar-refractivity contribution in [1.29, 1.82) is 0 Å². The molecule has 3 heteroatoms. The standard InChI is InChI=1S/C13H18O3/c1-4-10(13(15)16)12(14)11-7-5-6-8(2)9(11)3/h5-7,10,12,14H,4H2,1-3H3,(H,15,16). The van der Waals surface area contributed by atoms with Gasteiger partial charge in [-0.25, -0.2) is 0 Å². The molecule has 0 heterocycles. The van der Waals surface area contributed by atoms with Crippen LogP contribution in [0.3, 0.4) is 0 Å². The second-order valence-electron chi connectivity index (χ2n) is 4.09. The maximum atomic E-state index is 11.0. The number of carboxylic acid groups (broad SMARTS) is 1. The van der Waals surface area contributed by atoms with Gasteiger partial charge in [0.25, 0.3) is 0 Å². The Kier molecular flexibility index (Phi) is 4.07. The Morgan fingerprint density at radius 2 is 2.00 bits per heavy atom. The van der Waals surface area contributed by atoms with Gasteiger partial charge in [-0.3, -0.25) is 4.79 Å². The van der Waals surface area contributed by atoms with Gasteiger partial charge in [0, 0.05) is 0 Å². The van der Waals surface area contributed by atoms with Gasteiger partial charge in [0.1, 0.15) is 0 Å². The number of rotatable bonds is 4. The maximum Gasteiger partial charge on any atom is 0.309 e. The Balaban J connectivity index is 3.08. The number of aryl methyl sites for hydroxylation is 1. The van der Waals surface area contributed by atoms with Crippen molar-refractivity contribution in [3.63, 3.8) is 0 Å². The van der Waals surface area contributed by atoms with Crippen LogP contribution >= 0.6 is 0 Å². The molecule has 88 valence electrons. The summed E-state index contributed by atoms with van der Waals surface area (Å²) in [5.41, 5.74) is 2.75. The van der Waals surface area contributed by atoms with Gasteiger partial charge in [-0.2, -0.15) is 0 Å². The first-order chi connectivity index (χ1) is 7.49. The fraction of sp³-hybridized carbons (Fsp3) is 0.462. The number of hydrogen-bond donors (Lipinski definition) is 2. The lowest BCUT2D eigenvalue weighted by Gasteiger charge is -2.20. The minimum Gasteiger partial charge on any atom is -0.481 e. The van der Waals surface area contributed by atoms with E-state index in [1.54, 1.807) is 13.0 Å². The highest BCUT2D eigenvalue weighted by molar-refractivity contribution is 5.71. The highest BCUT2D eigenvalue weighted by atomic mass is 16.4. The van der Waals surface area contributed by atoms with Gasteiger partial charge in [-0.1, -0.05) is 25.1 Å². The van der Waals surface area contributed by atoms with E-state index in [2.05, 4.69) is 0 Å². The summed E-state index contributed by atoms with van der Waals surface area (Å²) in [5.74, 6) is -1.68. The number of carboxylic acids is 1. The fourth-order valence-electron chi connectivity index (χ4n) is 1.84. The summed E-state index contributed by atoms with van der Waals surface area (Å²) >= 11 is 0. The van der Waals surface area contributed by atoms with E-state index in [4.69, 9.17) is 5.11 Å². The summed E-state index contributed by atoms with van der Waals surface area (Å²) in [7, 11) is 0. The predicted molar refractivity (Wildman–Crippen MR) is 62.3 cm³/mol. The number of aliphatic hydroxyl groups is 1. The van der Waals surface area contributed by atoms with Crippen molar-refractivity contribution in [2.75, 3.05) is 0 Å². The third-order valence-corrected chi connectivity index (χ3v) is 3.10. The van der Waals surface area contributed by atoms with Crippen LogP contribution in [0.15, 0.2) is 18.2 Å². The van der Waals surface area contributed by atoms with Gasteiger partial charge in [0.05, 0.1) is 12.0 Å². The normalized spacial score (nSPS) is 14.5. The Morgan fingerprint density at radius 1 is 1.38 bits per heavy atom. The summed E-state index contributed by atoms with van der Waals surface area (Å²) in [6.07, 6.45) is -0.508. The SMILES string of the molecule is CCC(C(=O)O)C(O)c1cccc(C)c1C. The molecule has 0 aliphatic heterocycles. The lowest BCUT2D eigenvalue weighted by Crippen LogP contribution is -2.22. The Morgan fingerprint density at radius 3 is 2.50 bits per heavy atom. The van der Waals surface area contributed by atoms with E-state index in [1.165, 1.54) is 0 Å². The molecular weight excluding hydrogens is 204 g/mol. The van der Waals surface area contributed by atoms with Crippen molar-refractivity contribution in [3.8, 4) is 0 Å². The minimum atomic E-state index is -0.948. The molecule has 0 spiro atoms. The average Bonchev–Trinajstić information content (AvgIpc) is 2.22. The largest absolute Gasteiger partial charge is 0.481 e. The van der Waals surface area contributed by atoms with Crippen LogP contribution in [0, 0.1) is 19.8 Å². The van der Waals surface area contributed by atoms with E-state index < -0.39 is 18.0 Å². The van der Waals surface area contributed by atoms with Crippen molar-refractivity contribution in [2.45, 2.75) is 33.3 Å². The van der Waals surface area contributed by atoms with Crippen LogP contribution in [0.5, 0.6) is 0 Å². The van der Waals surface area contributed by atoms with Crippen LogP contribution in [0.1, 0.15) is 36.1 Å². The fourth-order valence-corrected chi connectivity index (χ4v) is 1.84. The summed E-state index contributed by atoms with van der Waals surface area (Å²) in [6.45, 7) is 5.63. The third kappa shape index (κ3) is 2.42. The zero-order valence-corrected chi connectivity index (χ0v) is 9.90. The Hall–Kier alpha value is -1.35. The molecule has 0 amide bonds. The number of aliphatic hydroxyl groups excluding tert-OH is 1. The smallest absolute Gasteiger partial charge is 0.309 e. The number of hydrogen-bond acceptors (Lipinski definition) is 2. The van der Waals surface area contributed by atoms with E-state index >= 15 is 0 Å². The Labute approximate surface area is 95.7 Å². The number of benzene rings is 1. The van der Waals surface area contributed by atoms with Crippen molar-refractivity contribution in [3.05, 3.63) is 34.9 Å². The molecule has 0 aliphatic carbocycles. The molecule has 0 fully saturated rings. The van der Waals surface area contributed by atoms with Crippen LogP contribution in [-0.2, 0) is 4.79 Å². The molecule has 2 atom stereocenters. The molecule has 0 bridgehead atoms. The van der Waals surface area contributed by atoms with Crippen molar-refractivity contribution < 1.29 is 15.0 Å². The number of aliphatic carboxylic acids is 1. The van der Waals surface area contributed by atoms with Crippen LogP contribution in [0.2, 0.25) is 0 Å². The van der Waals surface area contributed by atoms with Crippen LogP contribution in [0.4, 0.5) is 0 Å². The zero-order valence-electron chi connectivity index (χ0n) is 9.90. The van der Waals surface area contributed by atoms with Gasteiger partial charge < -0.3 is 10.2 Å². The van der Waals surface area contributed by atoms with E-state index in [9.17, 15) is 9.90 Å². The molecule has 0 radical (unpaired) electrons. The molecule has 0 aliphatic rings. The van der Waals surface area contributed by atoms with Crippen molar-refractivity contribution >= 4 is 5.97 Å². The molecule has 1 rings (SSSR count). The lowest BCUT2D eigenvalue weighted by atomic mass is 9.89. The zero-order chi connectivity index (χ0) is 12.3. The van der Waals surface area contributed by atoms with E-state index in [0.717, 1.165) is 11.1 Å². The summed E-state index contributed by atoms with van der Waals surface area (Å²) in [6, 6.07) is 5.58. The number of carbonyl (C=O) groups is 1. The monoisotopic (exact) mass is 222 g/mol. The summed E-state index contributed by atoms with van der Waals surface area (Å²) in [4.78, 5) is 11.0. The summed E-state index contributed by atoms with van der Waals surface area (Å²) < 4.78 is 0. The van der Waals surface area contributed by atoms with E-state index in [-0.39, 0.29) is 0 Å². The Bertz CT molecular complexity index is 385. The van der Waals surface area contributed by atoms with Gasteiger partial charge >= 0.3 is 5.97 Å². The molecule has 0 saturated heterocycles. The van der Waals surface area contributed by atoms with Gasteiger partial charge in [-0.05, 0) is 37.0 Å². The predicted octanol–water partition coefficient (Wildman–Crippen LogP) is 2.45. The third-order valence-electron chi connectivity index (χ3n) is 3.10. The van der Waals surface area contributed by atoms with E-state index in [1.807, 2.05) is 26.0 Å². The van der Waals surface area contributed by atoms with Crippen LogP contribution in [-0.4, -0.2) is 16.2 Å². The molecule has 1 aromatic rings. The minimum absolute atomic E-state index is 0.421. The molecule has 0 aromatic heterocycles. The van der Waals surface area contributed by atoms with Crippen LogP contribution in [0.25, 0.3) is 0 Å². The van der Waals surface area contributed by atoms with Gasteiger partial charge in [0.2, 0.25) is 0 Å². The summed E-state index contributed by atoms with van der Waals surface area (Å²) in [5, 5.41) is 19.1. The first-order valence-corrected chi connectivity index (χ1v) is 5.46. The highest BCUT2D eigenvalue weighted by Gasteiger charge is 2.27. The molecule has 2 N–H and O–H groups in total. The molecule has 3 nitrogen and oxygen atoms in total. The first-order valence-electron chi connectivity index (χ1n) is 5.46. The maximum absolute atomic E-state index is 11.0. The quantitative estimate of drug-likeness (QED) is 0.822. The second kappa shape index (κ2) is 5.12. The van der Waals surface area contributed by atoms with Crippen molar-refractivity contribution in [2.24, 2.45) is 5.92 Å². The van der Waals surface area contributed by atoms with Crippen molar-refractivity contribution in [1.82, 2.24) is 0 Å². The molecular formula is C13H18O3.